The highest BCUT2D eigenvalue weighted by Gasteiger charge is 2.46. The molecule has 0 bridgehead atoms. The van der Waals surface area contributed by atoms with Gasteiger partial charge in [-0.05, 0) is 79.1 Å². The fraction of sp³-hybridized carbons (Fsp3) is 0.212. The van der Waals surface area contributed by atoms with E-state index in [1.165, 1.54) is 18.3 Å². The standard InChI is InChI=1S/C33H31NO7/c1-4-39-27-16-13-23(18-28(27)38-3)30-29(32(36)33(37)34(30)19-26-10-7-17-40-26)31(35)22-11-14-25(15-12-22)41-20-24-9-6-5-8-21(24)2/h5-18,30,35H,4,19-20H2,1-3H3. The van der Waals surface area contributed by atoms with Crippen LogP contribution in [0.5, 0.6) is 17.2 Å². The van der Waals surface area contributed by atoms with Crippen molar-refractivity contribution in [2.24, 2.45) is 0 Å². The number of aryl methyl sites for hydroxylation is 1. The molecule has 41 heavy (non-hydrogen) atoms. The van der Waals surface area contributed by atoms with Crippen LogP contribution < -0.4 is 14.2 Å². The summed E-state index contributed by atoms with van der Waals surface area (Å²) < 4.78 is 22.6. The third-order valence-corrected chi connectivity index (χ3v) is 7.03. The second-order valence-corrected chi connectivity index (χ2v) is 9.59. The summed E-state index contributed by atoms with van der Waals surface area (Å²) >= 11 is 0. The van der Waals surface area contributed by atoms with Crippen molar-refractivity contribution < 1.29 is 33.3 Å². The fourth-order valence-electron chi connectivity index (χ4n) is 4.89. The average Bonchev–Trinajstić information content (AvgIpc) is 3.59. The minimum atomic E-state index is -0.887. The normalized spacial score (nSPS) is 16.2. The van der Waals surface area contributed by atoms with Crippen LogP contribution in [-0.2, 0) is 22.7 Å². The van der Waals surface area contributed by atoms with E-state index in [-0.39, 0.29) is 17.9 Å². The van der Waals surface area contributed by atoms with Gasteiger partial charge in [0, 0.05) is 5.56 Å². The van der Waals surface area contributed by atoms with Gasteiger partial charge >= 0.3 is 0 Å². The molecule has 4 aromatic rings. The van der Waals surface area contributed by atoms with E-state index in [1.807, 2.05) is 38.1 Å². The molecule has 210 valence electrons. The van der Waals surface area contributed by atoms with Crippen LogP contribution >= 0.6 is 0 Å². The predicted octanol–water partition coefficient (Wildman–Crippen LogP) is 6.20. The molecular weight excluding hydrogens is 522 g/mol. The molecule has 0 aliphatic carbocycles. The molecule has 1 fully saturated rings. The maximum absolute atomic E-state index is 13.4. The molecular formula is C33H31NO7. The van der Waals surface area contributed by atoms with Gasteiger partial charge in [0.05, 0.1) is 38.1 Å². The molecule has 8 heteroatoms. The molecule has 5 rings (SSSR count). The van der Waals surface area contributed by atoms with Crippen LogP contribution in [-0.4, -0.2) is 35.4 Å². The van der Waals surface area contributed by atoms with Crippen molar-refractivity contribution in [3.8, 4) is 17.2 Å². The molecule has 1 aliphatic heterocycles. The van der Waals surface area contributed by atoms with Gasteiger partial charge in [-0.15, -0.1) is 0 Å². The summed E-state index contributed by atoms with van der Waals surface area (Å²) in [5.74, 6) is 0.284. The van der Waals surface area contributed by atoms with Gasteiger partial charge in [0.15, 0.2) is 11.5 Å². The van der Waals surface area contributed by atoms with Crippen LogP contribution in [0.15, 0.2) is 95.1 Å². The van der Waals surface area contributed by atoms with Gasteiger partial charge in [-0.1, -0.05) is 30.3 Å². The Morgan fingerprint density at radius 3 is 2.41 bits per heavy atom. The molecule has 2 heterocycles. The zero-order valence-corrected chi connectivity index (χ0v) is 23.1. The number of carbonyl (C=O) groups is 2. The van der Waals surface area contributed by atoms with Crippen LogP contribution in [0.1, 0.15) is 41.0 Å². The van der Waals surface area contributed by atoms with E-state index < -0.39 is 17.7 Å². The largest absolute Gasteiger partial charge is 0.507 e. The minimum absolute atomic E-state index is 0.0265. The number of ether oxygens (including phenoxy) is 3. The molecule has 8 nitrogen and oxygen atoms in total. The molecule has 1 aromatic heterocycles. The number of hydrogen-bond donors (Lipinski definition) is 1. The smallest absolute Gasteiger partial charge is 0.296 e. The van der Waals surface area contributed by atoms with E-state index in [4.69, 9.17) is 18.6 Å². The van der Waals surface area contributed by atoms with Gasteiger partial charge in [0.1, 0.15) is 23.9 Å². The number of aliphatic hydroxyl groups is 1. The third-order valence-electron chi connectivity index (χ3n) is 7.03. The molecule has 0 saturated carbocycles. The Bertz CT molecular complexity index is 1570. The highest BCUT2D eigenvalue weighted by Crippen LogP contribution is 2.43. The third kappa shape index (κ3) is 5.68. The Morgan fingerprint density at radius 2 is 1.73 bits per heavy atom. The molecule has 1 amide bonds. The van der Waals surface area contributed by atoms with Crippen molar-refractivity contribution in [2.75, 3.05) is 13.7 Å². The number of hydrogen-bond acceptors (Lipinski definition) is 7. The van der Waals surface area contributed by atoms with Crippen LogP contribution in [0.3, 0.4) is 0 Å². The Labute approximate surface area is 238 Å². The lowest BCUT2D eigenvalue weighted by atomic mass is 9.95. The second-order valence-electron chi connectivity index (χ2n) is 9.59. The number of amides is 1. The van der Waals surface area contributed by atoms with Crippen molar-refractivity contribution in [1.29, 1.82) is 0 Å². The summed E-state index contributed by atoms with van der Waals surface area (Å²) in [4.78, 5) is 28.1. The van der Waals surface area contributed by atoms with E-state index in [0.717, 1.165) is 11.1 Å². The molecule has 1 N–H and O–H groups in total. The second kappa shape index (κ2) is 12.0. The highest BCUT2D eigenvalue weighted by atomic mass is 16.5. The van der Waals surface area contributed by atoms with Gasteiger partial charge in [-0.25, -0.2) is 0 Å². The monoisotopic (exact) mass is 553 g/mol. The lowest BCUT2D eigenvalue weighted by Gasteiger charge is -2.25. The first kappa shape index (κ1) is 27.6. The number of ketones is 1. The number of furan rings is 1. The van der Waals surface area contributed by atoms with E-state index >= 15 is 0 Å². The highest BCUT2D eigenvalue weighted by molar-refractivity contribution is 6.46. The van der Waals surface area contributed by atoms with Gasteiger partial charge in [0.2, 0.25) is 0 Å². The average molecular weight is 554 g/mol. The van der Waals surface area contributed by atoms with Crippen LogP contribution in [0.2, 0.25) is 0 Å². The molecule has 1 unspecified atom stereocenters. The molecule has 0 radical (unpaired) electrons. The van der Waals surface area contributed by atoms with Gasteiger partial charge in [0.25, 0.3) is 11.7 Å². The van der Waals surface area contributed by atoms with E-state index in [0.29, 0.717) is 47.3 Å². The first-order chi connectivity index (χ1) is 19.9. The molecule has 1 atom stereocenters. The summed E-state index contributed by atoms with van der Waals surface area (Å²) in [5.41, 5.74) is 3.14. The Morgan fingerprint density at radius 1 is 0.951 bits per heavy atom. The summed E-state index contributed by atoms with van der Waals surface area (Å²) in [7, 11) is 1.52. The first-order valence-corrected chi connectivity index (χ1v) is 13.3. The molecule has 0 spiro atoms. The summed E-state index contributed by atoms with van der Waals surface area (Å²) in [5, 5.41) is 11.4. The van der Waals surface area contributed by atoms with Gasteiger partial charge in [-0.3, -0.25) is 9.59 Å². The minimum Gasteiger partial charge on any atom is -0.507 e. The summed E-state index contributed by atoms with van der Waals surface area (Å²) in [6.07, 6.45) is 1.50. The topological polar surface area (TPSA) is 98.4 Å². The van der Waals surface area contributed by atoms with Crippen molar-refractivity contribution >= 4 is 17.4 Å². The number of nitrogens with zero attached hydrogens (tertiary/aromatic N) is 1. The Kier molecular flexibility index (Phi) is 8.10. The maximum Gasteiger partial charge on any atom is 0.296 e. The Hall–Kier alpha value is -4.98. The number of Topliss-reactive ketones (excluding diaryl/α,β-unsaturated/α-hetero) is 1. The quantitative estimate of drug-likeness (QED) is 0.142. The Balaban J connectivity index is 1.51. The van der Waals surface area contributed by atoms with Crippen LogP contribution in [0, 0.1) is 6.92 Å². The van der Waals surface area contributed by atoms with E-state index in [9.17, 15) is 14.7 Å². The van der Waals surface area contributed by atoms with Crippen molar-refractivity contribution in [3.63, 3.8) is 0 Å². The van der Waals surface area contributed by atoms with Crippen molar-refractivity contribution in [3.05, 3.63) is 119 Å². The molecule has 1 aliphatic rings. The summed E-state index contributed by atoms with van der Waals surface area (Å²) in [6, 6.07) is 22.5. The predicted molar refractivity (Wildman–Crippen MR) is 153 cm³/mol. The van der Waals surface area contributed by atoms with E-state index in [1.54, 1.807) is 54.6 Å². The SMILES string of the molecule is CCOc1ccc(C2C(=C(O)c3ccc(OCc4ccccc4C)cc3)C(=O)C(=O)N2Cc2ccco2)cc1OC. The summed E-state index contributed by atoms with van der Waals surface area (Å²) in [6.45, 7) is 4.77. The number of carbonyl (C=O) groups excluding carboxylic acids is 2. The lowest BCUT2D eigenvalue weighted by molar-refractivity contribution is -0.140. The van der Waals surface area contributed by atoms with Gasteiger partial charge in [-0.2, -0.15) is 0 Å². The maximum atomic E-state index is 13.4. The zero-order valence-electron chi connectivity index (χ0n) is 23.1. The zero-order chi connectivity index (χ0) is 28.9. The number of rotatable bonds is 10. The number of benzene rings is 3. The van der Waals surface area contributed by atoms with E-state index in [2.05, 4.69) is 0 Å². The number of likely N-dealkylation sites (tertiary alicyclic amines) is 1. The lowest BCUT2D eigenvalue weighted by Crippen LogP contribution is -2.29. The van der Waals surface area contributed by atoms with Crippen LogP contribution in [0.25, 0.3) is 5.76 Å². The first-order valence-electron chi connectivity index (χ1n) is 13.3. The number of aliphatic hydroxyl groups excluding tert-OH is 1. The van der Waals surface area contributed by atoms with Crippen molar-refractivity contribution in [1.82, 2.24) is 4.90 Å². The molecule has 1 saturated heterocycles. The fourth-order valence-corrected chi connectivity index (χ4v) is 4.89. The van der Waals surface area contributed by atoms with Crippen molar-refractivity contribution in [2.45, 2.75) is 33.0 Å². The van der Waals surface area contributed by atoms with Crippen LogP contribution in [0.4, 0.5) is 0 Å². The number of methoxy groups -OCH3 is 1. The molecule has 3 aromatic carbocycles. The van der Waals surface area contributed by atoms with Gasteiger partial charge < -0.3 is 28.6 Å².